The van der Waals surface area contributed by atoms with Crippen molar-refractivity contribution in [3.8, 4) is 0 Å². The van der Waals surface area contributed by atoms with E-state index < -0.39 is 0 Å². The molecule has 0 bridgehead atoms. The van der Waals surface area contributed by atoms with Gasteiger partial charge >= 0.3 is 0 Å². The molecule has 2 rings (SSSR count). The molecule has 0 aromatic rings. The molecule has 2 saturated heterocycles. The topological polar surface area (TPSA) is 24.5 Å². The van der Waals surface area contributed by atoms with Gasteiger partial charge in [0.15, 0.2) is 0 Å². The van der Waals surface area contributed by atoms with Gasteiger partial charge in [-0.25, -0.2) is 0 Å². The zero-order valence-corrected chi connectivity index (χ0v) is 7.75. The molecule has 2 fully saturated rings. The fourth-order valence-electron chi connectivity index (χ4n) is 2.11. The van der Waals surface area contributed by atoms with Crippen LogP contribution < -0.4 is 5.32 Å². The smallest absolute Gasteiger partial charge is 0.0622 e. The number of likely N-dealkylation sites (N-methyl/N-ethyl adjacent to an activating group) is 1. The van der Waals surface area contributed by atoms with Gasteiger partial charge in [-0.2, -0.15) is 0 Å². The van der Waals surface area contributed by atoms with Gasteiger partial charge in [0.25, 0.3) is 0 Å². The van der Waals surface area contributed by atoms with Gasteiger partial charge in [0.2, 0.25) is 0 Å². The third-order valence-corrected chi connectivity index (χ3v) is 2.97. The van der Waals surface area contributed by atoms with Gasteiger partial charge in [0, 0.05) is 31.8 Å². The lowest BCUT2D eigenvalue weighted by molar-refractivity contribution is 0.0862. The summed E-state index contributed by atoms with van der Waals surface area (Å²) >= 11 is 0. The molecule has 3 nitrogen and oxygen atoms in total. The van der Waals surface area contributed by atoms with E-state index in [0.717, 1.165) is 19.3 Å². The number of hydrogen-bond donors (Lipinski definition) is 1. The Morgan fingerprint density at radius 1 is 1.42 bits per heavy atom. The van der Waals surface area contributed by atoms with Crippen molar-refractivity contribution >= 4 is 0 Å². The molecule has 1 unspecified atom stereocenters. The number of rotatable bonds is 3. The molecule has 2 aliphatic heterocycles. The van der Waals surface area contributed by atoms with Gasteiger partial charge in [-0.3, -0.25) is 4.90 Å². The van der Waals surface area contributed by atoms with Crippen molar-refractivity contribution in [1.82, 2.24) is 10.2 Å². The lowest BCUT2D eigenvalue weighted by Crippen LogP contribution is -2.60. The third kappa shape index (κ3) is 1.49. The summed E-state index contributed by atoms with van der Waals surface area (Å²) in [6.07, 6.45) is 1.23. The molecule has 2 aliphatic rings. The lowest BCUT2D eigenvalue weighted by atomic mass is 10.1. The Kier molecular flexibility index (Phi) is 2.63. The molecule has 0 aliphatic carbocycles. The summed E-state index contributed by atoms with van der Waals surface area (Å²) in [5, 5.41) is 3.32. The predicted octanol–water partition coefficient (Wildman–Crippen LogP) is 0.0690. The van der Waals surface area contributed by atoms with E-state index in [1.807, 2.05) is 0 Å². The summed E-state index contributed by atoms with van der Waals surface area (Å²) < 4.78 is 5.40. The number of ether oxygens (including phenoxy) is 1. The predicted molar refractivity (Wildman–Crippen MR) is 48.3 cm³/mol. The maximum absolute atomic E-state index is 5.40. The van der Waals surface area contributed by atoms with Crippen LogP contribution in [0.15, 0.2) is 0 Å². The monoisotopic (exact) mass is 170 g/mol. The van der Waals surface area contributed by atoms with Crippen molar-refractivity contribution in [2.75, 3.05) is 32.8 Å². The SMILES string of the molecule is CCN(C1CNC1)C1CCOC1. The molecule has 2 heterocycles. The minimum Gasteiger partial charge on any atom is -0.380 e. The normalized spacial score (nSPS) is 31.0. The Labute approximate surface area is 74.1 Å². The van der Waals surface area contributed by atoms with Crippen molar-refractivity contribution in [2.45, 2.75) is 25.4 Å². The second-order valence-corrected chi connectivity index (χ2v) is 3.66. The van der Waals surface area contributed by atoms with Crippen molar-refractivity contribution in [1.29, 1.82) is 0 Å². The van der Waals surface area contributed by atoms with Crippen LogP contribution in [0.2, 0.25) is 0 Å². The van der Waals surface area contributed by atoms with E-state index in [1.54, 1.807) is 0 Å². The quantitative estimate of drug-likeness (QED) is 0.648. The highest BCUT2D eigenvalue weighted by molar-refractivity contribution is 4.89. The zero-order valence-electron chi connectivity index (χ0n) is 7.75. The summed E-state index contributed by atoms with van der Waals surface area (Å²) in [6, 6.07) is 1.48. The average Bonchev–Trinajstić information content (AvgIpc) is 2.47. The first-order valence-electron chi connectivity index (χ1n) is 4.96. The molecule has 0 radical (unpaired) electrons. The van der Waals surface area contributed by atoms with Crippen LogP contribution in [0.5, 0.6) is 0 Å². The van der Waals surface area contributed by atoms with E-state index in [-0.39, 0.29) is 0 Å². The zero-order chi connectivity index (χ0) is 8.39. The Morgan fingerprint density at radius 3 is 2.67 bits per heavy atom. The van der Waals surface area contributed by atoms with Crippen molar-refractivity contribution in [3.63, 3.8) is 0 Å². The molecular formula is C9H18N2O. The first-order chi connectivity index (χ1) is 5.92. The molecule has 3 heteroatoms. The Bertz CT molecular complexity index is 141. The molecule has 0 aromatic heterocycles. The maximum atomic E-state index is 5.40. The summed E-state index contributed by atoms with van der Waals surface area (Å²) in [5.41, 5.74) is 0. The molecule has 0 aromatic carbocycles. The van der Waals surface area contributed by atoms with E-state index in [2.05, 4.69) is 17.1 Å². The van der Waals surface area contributed by atoms with Crippen LogP contribution in [0.4, 0.5) is 0 Å². The average molecular weight is 170 g/mol. The van der Waals surface area contributed by atoms with E-state index in [9.17, 15) is 0 Å². The van der Waals surface area contributed by atoms with Crippen LogP contribution in [-0.2, 0) is 4.74 Å². The van der Waals surface area contributed by atoms with Gasteiger partial charge in [0.1, 0.15) is 0 Å². The van der Waals surface area contributed by atoms with Crippen molar-refractivity contribution < 1.29 is 4.74 Å². The first kappa shape index (κ1) is 8.48. The largest absolute Gasteiger partial charge is 0.380 e. The minimum atomic E-state index is 0.696. The van der Waals surface area contributed by atoms with Gasteiger partial charge in [-0.1, -0.05) is 6.92 Å². The highest BCUT2D eigenvalue weighted by Crippen LogP contribution is 2.16. The van der Waals surface area contributed by atoms with Gasteiger partial charge < -0.3 is 10.1 Å². The van der Waals surface area contributed by atoms with Crippen LogP contribution in [0, 0.1) is 0 Å². The van der Waals surface area contributed by atoms with Gasteiger partial charge in [-0.05, 0) is 13.0 Å². The second kappa shape index (κ2) is 3.73. The fourth-order valence-corrected chi connectivity index (χ4v) is 2.11. The molecule has 0 spiro atoms. The Morgan fingerprint density at radius 2 is 2.25 bits per heavy atom. The molecule has 1 atom stereocenters. The van der Waals surface area contributed by atoms with Crippen LogP contribution >= 0.6 is 0 Å². The summed E-state index contributed by atoms with van der Waals surface area (Å²) in [6.45, 7) is 7.66. The fraction of sp³-hybridized carbons (Fsp3) is 1.00. The van der Waals surface area contributed by atoms with E-state index in [0.29, 0.717) is 6.04 Å². The Hall–Kier alpha value is -0.120. The molecule has 1 N–H and O–H groups in total. The van der Waals surface area contributed by atoms with Gasteiger partial charge in [-0.15, -0.1) is 0 Å². The van der Waals surface area contributed by atoms with Crippen LogP contribution in [-0.4, -0.2) is 49.8 Å². The number of nitrogens with zero attached hydrogens (tertiary/aromatic N) is 1. The van der Waals surface area contributed by atoms with E-state index in [4.69, 9.17) is 4.74 Å². The maximum Gasteiger partial charge on any atom is 0.0622 e. The molecule has 0 amide bonds. The highest BCUT2D eigenvalue weighted by Gasteiger charge is 2.30. The molecular weight excluding hydrogens is 152 g/mol. The molecule has 70 valence electrons. The van der Waals surface area contributed by atoms with Crippen molar-refractivity contribution in [3.05, 3.63) is 0 Å². The van der Waals surface area contributed by atoms with Crippen molar-refractivity contribution in [2.24, 2.45) is 0 Å². The summed E-state index contributed by atoms with van der Waals surface area (Å²) in [5.74, 6) is 0. The minimum absolute atomic E-state index is 0.696. The van der Waals surface area contributed by atoms with E-state index in [1.165, 1.54) is 26.1 Å². The molecule has 12 heavy (non-hydrogen) atoms. The van der Waals surface area contributed by atoms with Gasteiger partial charge in [0.05, 0.1) is 6.61 Å². The first-order valence-corrected chi connectivity index (χ1v) is 4.96. The third-order valence-electron chi connectivity index (χ3n) is 2.97. The summed E-state index contributed by atoms with van der Waals surface area (Å²) in [7, 11) is 0. The van der Waals surface area contributed by atoms with E-state index >= 15 is 0 Å². The standard InChI is InChI=1S/C9H18N2O/c1-2-11(9-5-10-6-9)8-3-4-12-7-8/h8-10H,2-7H2,1H3. The summed E-state index contributed by atoms with van der Waals surface area (Å²) in [4.78, 5) is 2.59. The Balaban J connectivity index is 1.87. The van der Waals surface area contributed by atoms with Crippen LogP contribution in [0.25, 0.3) is 0 Å². The number of hydrogen-bond acceptors (Lipinski definition) is 3. The number of nitrogens with one attached hydrogen (secondary N) is 1. The van der Waals surface area contributed by atoms with Crippen LogP contribution in [0.3, 0.4) is 0 Å². The highest BCUT2D eigenvalue weighted by atomic mass is 16.5. The molecule has 0 saturated carbocycles. The van der Waals surface area contributed by atoms with Crippen LogP contribution in [0.1, 0.15) is 13.3 Å². The second-order valence-electron chi connectivity index (χ2n) is 3.66. The lowest BCUT2D eigenvalue weighted by Gasteiger charge is -2.40.